The van der Waals surface area contributed by atoms with Crippen LogP contribution in [0.4, 0.5) is 0 Å². The molecule has 0 saturated heterocycles. The van der Waals surface area contributed by atoms with Crippen molar-refractivity contribution in [1.29, 1.82) is 0 Å². The maximum Gasteiger partial charge on any atom is 0.324 e. The molecule has 0 aliphatic rings. The minimum absolute atomic E-state index is 0.517. The van der Waals surface area contributed by atoms with Crippen molar-refractivity contribution >= 4 is 17.6 Å². The maximum absolute atomic E-state index is 9.64. The molecule has 0 rings (SSSR count). The fourth-order valence-electron chi connectivity index (χ4n) is 0.0781. The zero-order valence-corrected chi connectivity index (χ0v) is 4.22. The van der Waals surface area contributed by atoms with E-state index in [0.717, 1.165) is 0 Å². The van der Waals surface area contributed by atoms with Gasteiger partial charge in [-0.1, -0.05) is 0 Å². The molecule has 4 heteroatoms. The van der Waals surface area contributed by atoms with Crippen molar-refractivity contribution < 1.29 is 15.0 Å². The number of aliphatic carboxylic acids is 1. The number of carboxylic acid groups (broad SMARTS) is 1. The summed E-state index contributed by atoms with van der Waals surface area (Å²) < 4.78 is 0. The Balaban J connectivity index is 3.34. The van der Waals surface area contributed by atoms with Crippen molar-refractivity contribution in [1.82, 2.24) is 0 Å². The predicted molar refractivity (Wildman–Crippen MR) is 24.4 cm³/mol. The van der Waals surface area contributed by atoms with Gasteiger partial charge in [0, 0.05) is 0 Å². The van der Waals surface area contributed by atoms with E-state index in [0.29, 0.717) is 0 Å². The van der Waals surface area contributed by atoms with Gasteiger partial charge in [-0.05, 0) is 0 Å². The average molecular weight is 125 g/mol. The van der Waals surface area contributed by atoms with Crippen LogP contribution in [0.2, 0.25) is 0 Å². The first-order chi connectivity index (χ1) is 3.18. The van der Waals surface area contributed by atoms with Crippen LogP contribution in [0.3, 0.4) is 0 Å². The second-order valence-electron chi connectivity index (χ2n) is 0.988. The third-order valence-electron chi connectivity index (χ3n) is 0.428. The topological polar surface area (TPSA) is 57.5 Å². The lowest BCUT2D eigenvalue weighted by molar-refractivity contribution is -0.137. The van der Waals surface area contributed by atoms with E-state index >= 15 is 0 Å². The molecule has 0 aliphatic carbocycles. The lowest BCUT2D eigenvalue weighted by Gasteiger charge is -1.93. The fraction of sp³-hybridized carbons (Fsp3) is 0.667. The van der Waals surface area contributed by atoms with Crippen molar-refractivity contribution in [3.63, 3.8) is 0 Å². The number of carboxylic acids is 1. The Morgan fingerprint density at radius 2 is 2.29 bits per heavy atom. The average Bonchev–Trinajstić information content (AvgIpc) is 1.65. The van der Waals surface area contributed by atoms with Gasteiger partial charge in [0.05, 0.1) is 6.61 Å². The molecular weight excluding hydrogens is 119 g/mol. The van der Waals surface area contributed by atoms with Gasteiger partial charge >= 0.3 is 5.97 Å². The molecule has 0 amide bonds. The van der Waals surface area contributed by atoms with E-state index in [9.17, 15) is 4.79 Å². The van der Waals surface area contributed by atoms with Crippen LogP contribution in [0.15, 0.2) is 0 Å². The summed E-state index contributed by atoms with van der Waals surface area (Å²) in [6, 6.07) is 0. The van der Waals surface area contributed by atoms with Gasteiger partial charge in [-0.15, -0.1) is 11.6 Å². The largest absolute Gasteiger partial charge is 0.480 e. The Bertz CT molecular complexity index is 72.6. The standard InChI is InChI=1S/C3H5ClO3/c4-2(1-5)3(6)7/h2,5H,1H2,(H,6,7)/t2-/m1/s1. The number of rotatable bonds is 2. The molecule has 1 atom stereocenters. The molecule has 7 heavy (non-hydrogen) atoms. The van der Waals surface area contributed by atoms with Crippen LogP contribution < -0.4 is 0 Å². The molecular formula is C3H5ClO3. The Hall–Kier alpha value is -0.280. The number of aliphatic hydroxyl groups excluding tert-OH is 1. The van der Waals surface area contributed by atoms with Gasteiger partial charge in [0.15, 0.2) is 5.38 Å². The van der Waals surface area contributed by atoms with Crippen molar-refractivity contribution in [3.8, 4) is 0 Å². The van der Waals surface area contributed by atoms with Gasteiger partial charge in [-0.2, -0.15) is 0 Å². The lowest BCUT2D eigenvalue weighted by atomic mass is 10.5. The van der Waals surface area contributed by atoms with Gasteiger partial charge in [0.25, 0.3) is 0 Å². The number of hydrogen-bond acceptors (Lipinski definition) is 2. The molecule has 0 saturated carbocycles. The highest BCUT2D eigenvalue weighted by atomic mass is 35.5. The molecule has 0 heterocycles. The van der Waals surface area contributed by atoms with Crippen LogP contribution in [0, 0.1) is 0 Å². The SMILES string of the molecule is O=C(O)[C@H](Cl)CO. The molecule has 0 spiro atoms. The van der Waals surface area contributed by atoms with Crippen LogP contribution >= 0.6 is 11.6 Å². The first kappa shape index (κ1) is 6.72. The Labute approximate surface area is 45.5 Å². The van der Waals surface area contributed by atoms with Gasteiger partial charge in [-0.25, -0.2) is 0 Å². The number of hydrogen-bond donors (Lipinski definition) is 2. The number of aliphatic hydroxyl groups is 1. The predicted octanol–water partition coefficient (Wildman–Crippen LogP) is -0.329. The molecule has 0 fully saturated rings. The molecule has 3 nitrogen and oxygen atoms in total. The fourth-order valence-corrected chi connectivity index (χ4v) is 0.0781. The number of carbonyl (C=O) groups is 1. The summed E-state index contributed by atoms with van der Waals surface area (Å²) in [6.07, 6.45) is 0. The van der Waals surface area contributed by atoms with Gasteiger partial charge in [0.1, 0.15) is 0 Å². The Kier molecular flexibility index (Phi) is 2.71. The zero-order valence-electron chi connectivity index (χ0n) is 3.47. The molecule has 2 N–H and O–H groups in total. The van der Waals surface area contributed by atoms with E-state index in [4.69, 9.17) is 21.8 Å². The first-order valence-corrected chi connectivity index (χ1v) is 2.10. The van der Waals surface area contributed by atoms with Gasteiger partial charge < -0.3 is 10.2 Å². The first-order valence-electron chi connectivity index (χ1n) is 1.66. The van der Waals surface area contributed by atoms with E-state index < -0.39 is 18.0 Å². The summed E-state index contributed by atoms with van der Waals surface area (Å²) in [6.45, 7) is -0.517. The second kappa shape index (κ2) is 2.82. The smallest absolute Gasteiger partial charge is 0.324 e. The highest BCUT2D eigenvalue weighted by Crippen LogP contribution is 1.90. The summed E-state index contributed by atoms with van der Waals surface area (Å²) in [5, 5.41) is 14.7. The molecule has 0 aromatic heterocycles. The summed E-state index contributed by atoms with van der Waals surface area (Å²) in [7, 11) is 0. The van der Waals surface area contributed by atoms with Crippen LogP contribution in [0.5, 0.6) is 0 Å². The lowest BCUT2D eigenvalue weighted by Crippen LogP contribution is -2.16. The van der Waals surface area contributed by atoms with Crippen molar-refractivity contribution in [2.24, 2.45) is 0 Å². The second-order valence-corrected chi connectivity index (χ2v) is 1.52. The molecule has 0 aliphatic heterocycles. The third kappa shape index (κ3) is 2.42. The van der Waals surface area contributed by atoms with Gasteiger partial charge in [0.2, 0.25) is 0 Å². The minimum atomic E-state index is -1.19. The van der Waals surface area contributed by atoms with Crippen molar-refractivity contribution in [3.05, 3.63) is 0 Å². The molecule has 0 unspecified atom stereocenters. The van der Waals surface area contributed by atoms with E-state index in [2.05, 4.69) is 0 Å². The molecule has 0 aromatic carbocycles. The van der Waals surface area contributed by atoms with E-state index in [1.54, 1.807) is 0 Å². The monoisotopic (exact) mass is 124 g/mol. The van der Waals surface area contributed by atoms with Crippen molar-refractivity contribution in [2.75, 3.05) is 6.61 Å². The van der Waals surface area contributed by atoms with E-state index in [1.165, 1.54) is 0 Å². The van der Waals surface area contributed by atoms with Crippen LogP contribution in [0.1, 0.15) is 0 Å². The van der Waals surface area contributed by atoms with Crippen LogP contribution in [-0.4, -0.2) is 28.2 Å². The molecule has 0 aromatic rings. The normalized spacial score (nSPS) is 13.4. The molecule has 42 valence electrons. The molecule has 0 radical (unpaired) electrons. The zero-order chi connectivity index (χ0) is 5.86. The van der Waals surface area contributed by atoms with Crippen LogP contribution in [-0.2, 0) is 4.79 Å². The van der Waals surface area contributed by atoms with Gasteiger partial charge in [-0.3, -0.25) is 4.79 Å². The summed E-state index contributed by atoms with van der Waals surface area (Å²) in [5.41, 5.74) is 0. The van der Waals surface area contributed by atoms with E-state index in [1.807, 2.05) is 0 Å². The highest BCUT2D eigenvalue weighted by Gasteiger charge is 2.09. The summed E-state index contributed by atoms with van der Waals surface area (Å²) >= 11 is 4.95. The highest BCUT2D eigenvalue weighted by molar-refractivity contribution is 6.29. The summed E-state index contributed by atoms with van der Waals surface area (Å²) in [4.78, 5) is 9.64. The molecule has 0 bridgehead atoms. The van der Waals surface area contributed by atoms with Crippen LogP contribution in [0.25, 0.3) is 0 Å². The quantitative estimate of drug-likeness (QED) is 0.496. The van der Waals surface area contributed by atoms with Crippen molar-refractivity contribution in [2.45, 2.75) is 5.38 Å². The number of halogens is 1. The summed E-state index contributed by atoms with van der Waals surface area (Å²) in [5.74, 6) is -1.19. The van der Waals surface area contributed by atoms with E-state index in [-0.39, 0.29) is 0 Å². The minimum Gasteiger partial charge on any atom is -0.480 e. The third-order valence-corrected chi connectivity index (χ3v) is 0.753. The Morgan fingerprint density at radius 1 is 1.86 bits per heavy atom. The Morgan fingerprint density at radius 3 is 2.29 bits per heavy atom. The number of alkyl halides is 1. The maximum atomic E-state index is 9.64.